The number of rotatable bonds is 3. The van der Waals surface area contributed by atoms with Gasteiger partial charge in [-0.25, -0.2) is 4.39 Å². The van der Waals surface area contributed by atoms with Crippen LogP contribution in [-0.2, 0) is 11.2 Å². The largest absolute Gasteiger partial charge is 0.338 e. The summed E-state index contributed by atoms with van der Waals surface area (Å²) >= 11 is 0. The number of nitriles is 1. The van der Waals surface area contributed by atoms with Gasteiger partial charge in [0.1, 0.15) is 11.4 Å². The first kappa shape index (κ1) is 13.5. The van der Waals surface area contributed by atoms with Crippen molar-refractivity contribution in [2.45, 2.75) is 44.1 Å². The summed E-state index contributed by atoms with van der Waals surface area (Å²) in [7, 11) is 0. The highest BCUT2D eigenvalue weighted by molar-refractivity contribution is 5.79. The molecule has 0 atom stereocenters. The van der Waals surface area contributed by atoms with Crippen molar-refractivity contribution < 1.29 is 9.18 Å². The monoisotopic (exact) mass is 260 g/mol. The van der Waals surface area contributed by atoms with Crippen LogP contribution < -0.4 is 5.32 Å². The molecule has 1 amide bonds. The lowest BCUT2D eigenvalue weighted by Gasteiger charge is -2.31. The van der Waals surface area contributed by atoms with E-state index in [1.54, 1.807) is 12.1 Å². The van der Waals surface area contributed by atoms with E-state index in [-0.39, 0.29) is 18.1 Å². The molecular weight excluding hydrogens is 243 g/mol. The van der Waals surface area contributed by atoms with Crippen molar-refractivity contribution >= 4 is 5.91 Å². The number of hydrogen-bond donors (Lipinski definition) is 1. The zero-order valence-corrected chi connectivity index (χ0v) is 10.8. The average molecular weight is 260 g/mol. The summed E-state index contributed by atoms with van der Waals surface area (Å²) in [5.41, 5.74) is 0.0535. The van der Waals surface area contributed by atoms with Gasteiger partial charge in [-0.3, -0.25) is 4.79 Å². The van der Waals surface area contributed by atoms with Gasteiger partial charge >= 0.3 is 0 Å². The maximum absolute atomic E-state index is 12.8. The van der Waals surface area contributed by atoms with Crippen LogP contribution in [0.25, 0.3) is 0 Å². The molecule has 0 aromatic heterocycles. The van der Waals surface area contributed by atoms with E-state index in [9.17, 15) is 14.4 Å². The first-order valence-corrected chi connectivity index (χ1v) is 6.60. The number of carbonyl (C=O) groups excluding carboxylic acids is 1. The van der Waals surface area contributed by atoms with Gasteiger partial charge in [-0.05, 0) is 30.5 Å². The highest BCUT2D eigenvalue weighted by Gasteiger charge is 2.33. The fourth-order valence-corrected chi connectivity index (χ4v) is 2.52. The third-order valence-corrected chi connectivity index (χ3v) is 3.58. The first-order chi connectivity index (χ1) is 9.13. The lowest BCUT2D eigenvalue weighted by molar-refractivity contribution is -0.122. The van der Waals surface area contributed by atoms with Gasteiger partial charge in [0.2, 0.25) is 5.91 Å². The number of amides is 1. The molecule has 19 heavy (non-hydrogen) atoms. The number of halogens is 1. The van der Waals surface area contributed by atoms with Crippen LogP contribution in [0.2, 0.25) is 0 Å². The van der Waals surface area contributed by atoms with Gasteiger partial charge in [0.05, 0.1) is 12.5 Å². The molecule has 3 nitrogen and oxygen atoms in total. The molecule has 0 spiro atoms. The Kier molecular flexibility index (Phi) is 4.16. The summed E-state index contributed by atoms with van der Waals surface area (Å²) in [5, 5.41) is 12.1. The van der Waals surface area contributed by atoms with Gasteiger partial charge in [0.15, 0.2) is 0 Å². The van der Waals surface area contributed by atoms with E-state index in [0.717, 1.165) is 37.7 Å². The Balaban J connectivity index is 1.96. The minimum absolute atomic E-state index is 0.171. The molecule has 1 aliphatic rings. The minimum Gasteiger partial charge on any atom is -0.338 e. The topological polar surface area (TPSA) is 52.9 Å². The van der Waals surface area contributed by atoms with Crippen molar-refractivity contribution in [3.8, 4) is 6.07 Å². The lowest BCUT2D eigenvalue weighted by atomic mass is 9.82. The van der Waals surface area contributed by atoms with E-state index in [1.165, 1.54) is 12.1 Å². The molecular formula is C15H17FN2O. The Morgan fingerprint density at radius 2 is 1.89 bits per heavy atom. The smallest absolute Gasteiger partial charge is 0.225 e. The van der Waals surface area contributed by atoms with Crippen LogP contribution in [0.5, 0.6) is 0 Å². The van der Waals surface area contributed by atoms with Crippen LogP contribution >= 0.6 is 0 Å². The first-order valence-electron chi connectivity index (χ1n) is 6.60. The van der Waals surface area contributed by atoms with E-state index in [2.05, 4.69) is 11.4 Å². The fourth-order valence-electron chi connectivity index (χ4n) is 2.52. The van der Waals surface area contributed by atoms with Gasteiger partial charge in [-0.2, -0.15) is 5.26 Å². The zero-order chi connectivity index (χ0) is 13.7. The number of nitrogens with zero attached hydrogens (tertiary/aromatic N) is 1. The third-order valence-electron chi connectivity index (χ3n) is 3.58. The van der Waals surface area contributed by atoms with Crippen LogP contribution in [0.3, 0.4) is 0 Å². The van der Waals surface area contributed by atoms with E-state index in [0.29, 0.717) is 0 Å². The Bertz CT molecular complexity index is 484. The van der Waals surface area contributed by atoms with Gasteiger partial charge < -0.3 is 5.32 Å². The van der Waals surface area contributed by atoms with E-state index in [1.807, 2.05) is 0 Å². The predicted molar refractivity (Wildman–Crippen MR) is 69.7 cm³/mol. The summed E-state index contributed by atoms with van der Waals surface area (Å²) in [6.07, 6.45) is 4.70. The van der Waals surface area contributed by atoms with Crippen molar-refractivity contribution in [3.05, 3.63) is 35.6 Å². The fraction of sp³-hybridized carbons (Fsp3) is 0.467. The number of carbonyl (C=O) groups is 1. The molecule has 0 heterocycles. The van der Waals surface area contributed by atoms with Crippen molar-refractivity contribution in [2.24, 2.45) is 0 Å². The second kappa shape index (κ2) is 5.83. The molecule has 1 fully saturated rings. The van der Waals surface area contributed by atoms with Crippen LogP contribution in [0.4, 0.5) is 4.39 Å². The summed E-state index contributed by atoms with van der Waals surface area (Å²) in [6, 6.07) is 8.11. The Labute approximate surface area is 112 Å². The highest BCUT2D eigenvalue weighted by Crippen LogP contribution is 2.27. The van der Waals surface area contributed by atoms with Crippen molar-refractivity contribution in [2.75, 3.05) is 0 Å². The number of hydrogen-bond acceptors (Lipinski definition) is 2. The van der Waals surface area contributed by atoms with Crippen molar-refractivity contribution in [3.63, 3.8) is 0 Å². The van der Waals surface area contributed by atoms with Crippen LogP contribution in [0.1, 0.15) is 37.7 Å². The summed E-state index contributed by atoms with van der Waals surface area (Å²) in [4.78, 5) is 12.0. The lowest BCUT2D eigenvalue weighted by Crippen LogP contribution is -2.49. The predicted octanol–water partition coefficient (Wildman–Crippen LogP) is 2.71. The van der Waals surface area contributed by atoms with Gasteiger partial charge in [0.25, 0.3) is 0 Å². The maximum atomic E-state index is 12.8. The van der Waals surface area contributed by atoms with Crippen LogP contribution in [0, 0.1) is 17.1 Å². The number of benzene rings is 1. The van der Waals surface area contributed by atoms with E-state index < -0.39 is 5.54 Å². The molecule has 100 valence electrons. The Hall–Kier alpha value is -1.89. The zero-order valence-electron chi connectivity index (χ0n) is 10.8. The molecule has 0 saturated heterocycles. The second-order valence-electron chi connectivity index (χ2n) is 5.11. The quantitative estimate of drug-likeness (QED) is 0.908. The van der Waals surface area contributed by atoms with Crippen molar-refractivity contribution in [1.29, 1.82) is 5.26 Å². The number of nitrogens with one attached hydrogen (secondary N) is 1. The van der Waals surface area contributed by atoms with Gasteiger partial charge in [-0.1, -0.05) is 31.4 Å². The molecule has 1 aromatic carbocycles. The molecule has 0 aliphatic heterocycles. The molecule has 1 aromatic rings. The van der Waals surface area contributed by atoms with Gasteiger partial charge in [0, 0.05) is 0 Å². The molecule has 2 rings (SSSR count). The molecule has 1 N–H and O–H groups in total. The van der Waals surface area contributed by atoms with Crippen LogP contribution in [0.15, 0.2) is 24.3 Å². The average Bonchev–Trinajstić information content (AvgIpc) is 2.42. The van der Waals surface area contributed by atoms with E-state index in [4.69, 9.17) is 0 Å². The summed E-state index contributed by atoms with van der Waals surface area (Å²) in [6.45, 7) is 0. The SMILES string of the molecule is N#CC1(NC(=O)Cc2ccc(F)cc2)CCCCC1. The Morgan fingerprint density at radius 1 is 1.26 bits per heavy atom. The van der Waals surface area contributed by atoms with Gasteiger partial charge in [-0.15, -0.1) is 0 Å². The van der Waals surface area contributed by atoms with Crippen molar-refractivity contribution in [1.82, 2.24) is 5.32 Å². The summed E-state index contributed by atoms with van der Waals surface area (Å²) in [5.74, 6) is -0.486. The Morgan fingerprint density at radius 3 is 2.47 bits per heavy atom. The molecule has 4 heteroatoms. The normalized spacial score (nSPS) is 17.5. The highest BCUT2D eigenvalue weighted by atomic mass is 19.1. The standard InChI is InChI=1S/C15H17FN2O/c16-13-6-4-12(5-7-13)10-14(19)18-15(11-17)8-2-1-3-9-15/h4-7H,1-3,8-10H2,(H,18,19). The third kappa shape index (κ3) is 3.54. The molecule has 0 bridgehead atoms. The molecule has 1 saturated carbocycles. The maximum Gasteiger partial charge on any atom is 0.225 e. The summed E-state index contributed by atoms with van der Waals surface area (Å²) < 4.78 is 12.8. The molecule has 0 radical (unpaired) electrons. The second-order valence-corrected chi connectivity index (χ2v) is 5.11. The van der Waals surface area contributed by atoms with Crippen LogP contribution in [-0.4, -0.2) is 11.4 Å². The molecule has 1 aliphatic carbocycles. The minimum atomic E-state index is -0.699. The van der Waals surface area contributed by atoms with E-state index >= 15 is 0 Å². The molecule has 0 unspecified atom stereocenters.